The fraction of sp³-hybridized carbons (Fsp3) is 0.389. The molecule has 1 saturated carbocycles. The lowest BCUT2D eigenvalue weighted by atomic mass is 9.96. The lowest BCUT2D eigenvalue weighted by molar-refractivity contribution is 0.234. The molecule has 7 nitrogen and oxygen atoms in total. The molecular formula is C18H23N5O2. The van der Waals surface area contributed by atoms with Crippen LogP contribution in [-0.2, 0) is 0 Å². The lowest BCUT2D eigenvalue weighted by Crippen LogP contribution is -2.45. The molecule has 0 bridgehead atoms. The van der Waals surface area contributed by atoms with Crippen LogP contribution < -0.4 is 20.9 Å². The third-order valence-electron chi connectivity index (χ3n) is 4.29. The number of para-hydroxylation sites is 1. The van der Waals surface area contributed by atoms with Gasteiger partial charge in [-0.2, -0.15) is 0 Å². The number of urea groups is 1. The molecule has 1 aromatic heterocycles. The molecule has 3 rings (SSSR count). The zero-order valence-electron chi connectivity index (χ0n) is 14.3. The molecular weight excluding hydrogens is 318 g/mol. The van der Waals surface area contributed by atoms with Crippen LogP contribution in [0.2, 0.25) is 0 Å². The van der Waals surface area contributed by atoms with Gasteiger partial charge < -0.3 is 10.1 Å². The quantitative estimate of drug-likeness (QED) is 0.727. The van der Waals surface area contributed by atoms with Crippen molar-refractivity contribution in [1.29, 1.82) is 0 Å². The van der Waals surface area contributed by atoms with Crippen LogP contribution in [0.3, 0.4) is 0 Å². The highest BCUT2D eigenvalue weighted by Gasteiger charge is 2.15. The van der Waals surface area contributed by atoms with Gasteiger partial charge in [0.1, 0.15) is 5.75 Å². The number of benzene rings is 1. The number of hydrogen-bond acceptors (Lipinski definition) is 5. The Hall–Kier alpha value is -2.83. The second kappa shape index (κ2) is 8.32. The maximum absolute atomic E-state index is 11.9. The summed E-state index contributed by atoms with van der Waals surface area (Å²) in [5.74, 6) is 1.21. The van der Waals surface area contributed by atoms with E-state index >= 15 is 0 Å². The van der Waals surface area contributed by atoms with E-state index in [0.29, 0.717) is 11.5 Å². The minimum atomic E-state index is -0.248. The monoisotopic (exact) mass is 341 g/mol. The van der Waals surface area contributed by atoms with Crippen LogP contribution in [0, 0.1) is 0 Å². The maximum atomic E-state index is 11.9. The highest BCUT2D eigenvalue weighted by Crippen LogP contribution is 2.27. The minimum absolute atomic E-state index is 0.248. The largest absolute Gasteiger partial charge is 0.496 e. The van der Waals surface area contributed by atoms with Gasteiger partial charge in [-0.05, 0) is 37.1 Å². The second-order valence-electron chi connectivity index (χ2n) is 6.06. The topological polar surface area (TPSA) is 88.2 Å². The number of anilines is 1. The van der Waals surface area contributed by atoms with Gasteiger partial charge in [-0.25, -0.2) is 4.79 Å². The predicted molar refractivity (Wildman–Crippen MR) is 96.2 cm³/mol. The van der Waals surface area contributed by atoms with Crippen molar-refractivity contribution < 1.29 is 9.53 Å². The summed E-state index contributed by atoms with van der Waals surface area (Å²) in [5.41, 5.74) is 6.95. The Labute approximate surface area is 147 Å². The predicted octanol–water partition coefficient (Wildman–Crippen LogP) is 3.11. The minimum Gasteiger partial charge on any atom is -0.496 e. The number of amides is 2. The van der Waals surface area contributed by atoms with E-state index in [1.54, 1.807) is 13.2 Å². The van der Waals surface area contributed by atoms with Crippen LogP contribution in [0.4, 0.5) is 10.6 Å². The molecule has 0 aliphatic heterocycles. The summed E-state index contributed by atoms with van der Waals surface area (Å²) >= 11 is 0. The average Bonchev–Trinajstić information content (AvgIpc) is 2.67. The molecule has 1 aliphatic rings. The number of rotatable bonds is 5. The fourth-order valence-corrected chi connectivity index (χ4v) is 2.99. The van der Waals surface area contributed by atoms with Gasteiger partial charge in [-0.3, -0.25) is 10.9 Å². The molecule has 0 atom stereocenters. The SMILES string of the molecule is COc1ccccc1-c1ccc(NNC(=O)NC2CCCCC2)nn1. The molecule has 3 N–H and O–H groups in total. The van der Waals surface area contributed by atoms with Crippen molar-refractivity contribution in [1.82, 2.24) is 20.9 Å². The molecule has 2 amide bonds. The number of carbonyl (C=O) groups excluding carboxylic acids is 1. The van der Waals surface area contributed by atoms with Gasteiger partial charge in [0.25, 0.3) is 0 Å². The highest BCUT2D eigenvalue weighted by atomic mass is 16.5. The highest BCUT2D eigenvalue weighted by molar-refractivity contribution is 5.75. The average molecular weight is 341 g/mol. The van der Waals surface area contributed by atoms with Crippen molar-refractivity contribution in [3.05, 3.63) is 36.4 Å². The Bertz CT molecular complexity index is 699. The van der Waals surface area contributed by atoms with Crippen LogP contribution in [0.15, 0.2) is 36.4 Å². The van der Waals surface area contributed by atoms with Crippen molar-refractivity contribution in [3.8, 4) is 17.0 Å². The van der Waals surface area contributed by atoms with E-state index in [4.69, 9.17) is 4.74 Å². The summed E-state index contributed by atoms with van der Waals surface area (Å²) in [6.45, 7) is 0. The van der Waals surface area contributed by atoms with Crippen LogP contribution in [0.5, 0.6) is 5.75 Å². The van der Waals surface area contributed by atoms with Crippen LogP contribution in [0.1, 0.15) is 32.1 Å². The normalized spacial score (nSPS) is 14.6. The van der Waals surface area contributed by atoms with E-state index in [0.717, 1.165) is 24.2 Å². The van der Waals surface area contributed by atoms with Gasteiger partial charge >= 0.3 is 6.03 Å². The first-order valence-electron chi connectivity index (χ1n) is 8.56. The molecule has 1 aromatic carbocycles. The Kier molecular flexibility index (Phi) is 5.66. The van der Waals surface area contributed by atoms with Crippen molar-refractivity contribution >= 4 is 11.8 Å². The van der Waals surface area contributed by atoms with Gasteiger partial charge in [0.2, 0.25) is 0 Å². The Morgan fingerprint density at radius 2 is 1.88 bits per heavy atom. The lowest BCUT2D eigenvalue weighted by Gasteiger charge is -2.22. The standard InChI is InChI=1S/C18H23N5O2/c1-25-16-10-6-5-9-14(16)15-11-12-17(21-20-15)22-23-18(24)19-13-7-3-2-4-8-13/h5-6,9-13H,2-4,7-8H2,1H3,(H,21,22)(H2,19,23,24). The van der Waals surface area contributed by atoms with Crippen molar-refractivity contribution in [3.63, 3.8) is 0 Å². The third-order valence-corrected chi connectivity index (χ3v) is 4.29. The molecule has 0 saturated heterocycles. The molecule has 1 fully saturated rings. The van der Waals surface area contributed by atoms with Gasteiger partial charge in [0.15, 0.2) is 5.82 Å². The van der Waals surface area contributed by atoms with Crippen molar-refractivity contribution in [2.24, 2.45) is 0 Å². The summed E-state index contributed by atoms with van der Waals surface area (Å²) in [7, 11) is 1.62. The summed E-state index contributed by atoms with van der Waals surface area (Å²) in [5, 5.41) is 11.2. The van der Waals surface area contributed by atoms with Gasteiger partial charge in [-0.1, -0.05) is 31.4 Å². The molecule has 0 spiro atoms. The Morgan fingerprint density at radius 1 is 1.08 bits per heavy atom. The number of nitrogens with one attached hydrogen (secondary N) is 3. The number of nitrogens with zero attached hydrogens (tertiary/aromatic N) is 2. The van der Waals surface area contributed by atoms with E-state index in [9.17, 15) is 4.79 Å². The molecule has 2 aromatic rings. The number of ether oxygens (including phenoxy) is 1. The van der Waals surface area contributed by atoms with Crippen LogP contribution in [0.25, 0.3) is 11.3 Å². The molecule has 1 heterocycles. The molecule has 1 aliphatic carbocycles. The number of methoxy groups -OCH3 is 1. The van der Waals surface area contributed by atoms with Crippen LogP contribution >= 0.6 is 0 Å². The third kappa shape index (κ3) is 4.59. The Morgan fingerprint density at radius 3 is 2.60 bits per heavy atom. The number of aromatic nitrogens is 2. The zero-order valence-corrected chi connectivity index (χ0v) is 14.3. The van der Waals surface area contributed by atoms with E-state index in [1.807, 2.05) is 30.3 Å². The first-order valence-corrected chi connectivity index (χ1v) is 8.56. The second-order valence-corrected chi connectivity index (χ2v) is 6.06. The van der Waals surface area contributed by atoms with Crippen molar-refractivity contribution in [2.75, 3.05) is 12.5 Å². The first-order chi connectivity index (χ1) is 12.3. The van der Waals surface area contributed by atoms with Gasteiger partial charge in [0, 0.05) is 11.6 Å². The smallest absolute Gasteiger partial charge is 0.333 e. The number of hydrazine groups is 1. The van der Waals surface area contributed by atoms with Crippen molar-refractivity contribution in [2.45, 2.75) is 38.1 Å². The van der Waals surface area contributed by atoms with Crippen LogP contribution in [-0.4, -0.2) is 29.4 Å². The van der Waals surface area contributed by atoms with E-state index in [-0.39, 0.29) is 12.1 Å². The van der Waals surface area contributed by atoms with E-state index < -0.39 is 0 Å². The summed E-state index contributed by atoms with van der Waals surface area (Å²) < 4.78 is 5.33. The number of carbonyl (C=O) groups is 1. The Balaban J connectivity index is 1.54. The molecule has 0 radical (unpaired) electrons. The zero-order chi connectivity index (χ0) is 17.5. The van der Waals surface area contributed by atoms with Gasteiger partial charge in [-0.15, -0.1) is 10.2 Å². The molecule has 25 heavy (non-hydrogen) atoms. The maximum Gasteiger partial charge on any atom is 0.333 e. The fourth-order valence-electron chi connectivity index (χ4n) is 2.99. The van der Waals surface area contributed by atoms with Gasteiger partial charge in [0.05, 0.1) is 12.8 Å². The molecule has 0 unspecified atom stereocenters. The first kappa shape index (κ1) is 17.0. The summed E-state index contributed by atoms with van der Waals surface area (Å²) in [6, 6.07) is 11.2. The molecule has 132 valence electrons. The molecule has 7 heteroatoms. The van der Waals surface area contributed by atoms with E-state index in [1.165, 1.54) is 19.3 Å². The summed E-state index contributed by atoms with van der Waals surface area (Å²) in [4.78, 5) is 11.9. The summed E-state index contributed by atoms with van der Waals surface area (Å²) in [6.07, 6.45) is 5.69. The number of hydrogen-bond donors (Lipinski definition) is 3. The van der Waals surface area contributed by atoms with E-state index in [2.05, 4.69) is 26.4 Å².